The lowest BCUT2D eigenvalue weighted by Gasteiger charge is -2.23. The SMILES string of the molecule is OC[C@@H](O)CNCC1CCCCO1. The van der Waals surface area contributed by atoms with Crippen molar-refractivity contribution in [3.05, 3.63) is 0 Å². The van der Waals surface area contributed by atoms with E-state index in [1.54, 1.807) is 0 Å². The molecule has 0 bridgehead atoms. The minimum absolute atomic E-state index is 0.182. The normalized spacial score (nSPS) is 25.8. The Kier molecular flexibility index (Phi) is 5.31. The van der Waals surface area contributed by atoms with Crippen molar-refractivity contribution in [1.82, 2.24) is 5.32 Å². The van der Waals surface area contributed by atoms with Crippen LogP contribution in [-0.4, -0.2) is 48.7 Å². The molecule has 3 N–H and O–H groups in total. The molecule has 4 heteroatoms. The van der Waals surface area contributed by atoms with Gasteiger partial charge < -0.3 is 20.3 Å². The van der Waals surface area contributed by atoms with Crippen LogP contribution in [0, 0.1) is 0 Å². The molecule has 0 radical (unpaired) electrons. The molecule has 0 amide bonds. The van der Waals surface area contributed by atoms with Crippen molar-refractivity contribution >= 4 is 0 Å². The quantitative estimate of drug-likeness (QED) is 0.545. The van der Waals surface area contributed by atoms with Gasteiger partial charge in [0, 0.05) is 19.7 Å². The van der Waals surface area contributed by atoms with Gasteiger partial charge in [-0.2, -0.15) is 0 Å². The minimum atomic E-state index is -0.649. The first-order valence-corrected chi connectivity index (χ1v) is 4.94. The van der Waals surface area contributed by atoms with E-state index in [-0.39, 0.29) is 6.61 Å². The van der Waals surface area contributed by atoms with Gasteiger partial charge in [-0.3, -0.25) is 0 Å². The van der Waals surface area contributed by atoms with E-state index in [4.69, 9.17) is 14.9 Å². The molecule has 0 aromatic rings. The first-order chi connectivity index (χ1) is 6.33. The third-order valence-corrected chi connectivity index (χ3v) is 2.24. The standard InChI is InChI=1S/C9H19NO3/c11-7-8(12)5-10-6-9-3-1-2-4-13-9/h8-12H,1-7H2/t8-,9?/m0/s1. The molecular formula is C9H19NO3. The van der Waals surface area contributed by atoms with E-state index in [0.29, 0.717) is 12.6 Å². The average molecular weight is 189 g/mol. The van der Waals surface area contributed by atoms with Gasteiger partial charge in [-0.1, -0.05) is 0 Å². The smallest absolute Gasteiger partial charge is 0.0894 e. The third kappa shape index (κ3) is 4.57. The van der Waals surface area contributed by atoms with Crippen LogP contribution in [0.25, 0.3) is 0 Å². The van der Waals surface area contributed by atoms with Crippen LogP contribution in [0.4, 0.5) is 0 Å². The number of ether oxygens (including phenoxy) is 1. The molecule has 4 nitrogen and oxygen atoms in total. The molecule has 0 aromatic carbocycles. The molecule has 2 atom stereocenters. The molecule has 1 saturated heterocycles. The summed E-state index contributed by atoms with van der Waals surface area (Å²) in [6.45, 7) is 1.89. The van der Waals surface area contributed by atoms with Crippen LogP contribution in [0.1, 0.15) is 19.3 Å². The van der Waals surface area contributed by atoms with Gasteiger partial charge in [0.2, 0.25) is 0 Å². The van der Waals surface area contributed by atoms with Crippen molar-refractivity contribution in [2.45, 2.75) is 31.5 Å². The molecule has 78 valence electrons. The van der Waals surface area contributed by atoms with Gasteiger partial charge in [0.25, 0.3) is 0 Å². The highest BCUT2D eigenvalue weighted by Gasteiger charge is 2.13. The molecule has 0 aromatic heterocycles. The predicted octanol–water partition coefficient (Wildman–Crippen LogP) is -0.502. The van der Waals surface area contributed by atoms with E-state index < -0.39 is 6.10 Å². The second-order valence-electron chi connectivity index (χ2n) is 3.48. The zero-order valence-corrected chi connectivity index (χ0v) is 7.91. The molecule has 1 aliphatic heterocycles. The van der Waals surface area contributed by atoms with Crippen LogP contribution >= 0.6 is 0 Å². The molecular weight excluding hydrogens is 170 g/mol. The lowest BCUT2D eigenvalue weighted by molar-refractivity contribution is 0.0137. The van der Waals surface area contributed by atoms with Crippen molar-refractivity contribution in [2.24, 2.45) is 0 Å². The Hall–Kier alpha value is -0.160. The topological polar surface area (TPSA) is 61.7 Å². The largest absolute Gasteiger partial charge is 0.394 e. The van der Waals surface area contributed by atoms with Gasteiger partial charge >= 0.3 is 0 Å². The second-order valence-corrected chi connectivity index (χ2v) is 3.48. The molecule has 1 aliphatic rings. The maximum absolute atomic E-state index is 9.03. The summed E-state index contributed by atoms with van der Waals surface area (Å²) in [5.74, 6) is 0. The second kappa shape index (κ2) is 6.32. The Bertz CT molecular complexity index is 126. The number of hydrogen-bond donors (Lipinski definition) is 3. The van der Waals surface area contributed by atoms with Crippen molar-refractivity contribution in [3.8, 4) is 0 Å². The first kappa shape index (κ1) is 10.9. The average Bonchev–Trinajstić information content (AvgIpc) is 2.19. The highest BCUT2D eigenvalue weighted by molar-refractivity contribution is 4.67. The molecule has 1 unspecified atom stereocenters. The Balaban J connectivity index is 1.98. The summed E-state index contributed by atoms with van der Waals surface area (Å²) in [7, 11) is 0. The van der Waals surface area contributed by atoms with Gasteiger partial charge in [-0.05, 0) is 19.3 Å². The zero-order valence-electron chi connectivity index (χ0n) is 7.91. The van der Waals surface area contributed by atoms with E-state index in [9.17, 15) is 0 Å². The third-order valence-electron chi connectivity index (χ3n) is 2.24. The van der Waals surface area contributed by atoms with E-state index >= 15 is 0 Å². The number of rotatable bonds is 5. The van der Waals surface area contributed by atoms with Gasteiger partial charge in [-0.25, -0.2) is 0 Å². The summed E-state index contributed by atoms with van der Waals surface area (Å²) >= 11 is 0. The summed E-state index contributed by atoms with van der Waals surface area (Å²) in [5.41, 5.74) is 0. The summed E-state index contributed by atoms with van der Waals surface area (Å²) in [6.07, 6.45) is 3.13. The lowest BCUT2D eigenvalue weighted by Crippen LogP contribution is -2.37. The molecule has 13 heavy (non-hydrogen) atoms. The monoisotopic (exact) mass is 189 g/mol. The Morgan fingerprint density at radius 3 is 2.92 bits per heavy atom. The maximum Gasteiger partial charge on any atom is 0.0894 e. The molecule has 1 rings (SSSR count). The van der Waals surface area contributed by atoms with Gasteiger partial charge in [-0.15, -0.1) is 0 Å². The Labute approximate surface area is 78.9 Å². The van der Waals surface area contributed by atoms with Crippen LogP contribution in [0.5, 0.6) is 0 Å². The highest BCUT2D eigenvalue weighted by atomic mass is 16.5. The first-order valence-electron chi connectivity index (χ1n) is 4.94. The van der Waals surface area contributed by atoms with Crippen molar-refractivity contribution in [2.75, 3.05) is 26.3 Å². The van der Waals surface area contributed by atoms with Crippen molar-refractivity contribution in [1.29, 1.82) is 0 Å². The summed E-state index contributed by atoms with van der Waals surface area (Å²) < 4.78 is 5.49. The van der Waals surface area contributed by atoms with Gasteiger partial charge in [0.15, 0.2) is 0 Å². The number of aliphatic hydroxyl groups excluding tert-OH is 2. The van der Waals surface area contributed by atoms with Crippen LogP contribution < -0.4 is 5.32 Å². The van der Waals surface area contributed by atoms with E-state index in [1.165, 1.54) is 6.42 Å². The predicted molar refractivity (Wildman–Crippen MR) is 49.6 cm³/mol. The highest BCUT2D eigenvalue weighted by Crippen LogP contribution is 2.11. The fourth-order valence-electron chi connectivity index (χ4n) is 1.44. The minimum Gasteiger partial charge on any atom is -0.394 e. The van der Waals surface area contributed by atoms with Crippen LogP contribution in [0.3, 0.4) is 0 Å². The lowest BCUT2D eigenvalue weighted by atomic mass is 10.1. The molecule has 0 spiro atoms. The van der Waals surface area contributed by atoms with E-state index in [2.05, 4.69) is 5.32 Å². The number of hydrogen-bond acceptors (Lipinski definition) is 4. The van der Waals surface area contributed by atoms with Crippen LogP contribution in [0.15, 0.2) is 0 Å². The number of aliphatic hydroxyl groups is 2. The molecule has 0 saturated carbocycles. The number of nitrogens with one attached hydrogen (secondary N) is 1. The Morgan fingerprint density at radius 1 is 1.46 bits per heavy atom. The fraction of sp³-hybridized carbons (Fsp3) is 1.00. The Morgan fingerprint density at radius 2 is 2.31 bits per heavy atom. The molecule has 0 aliphatic carbocycles. The summed E-state index contributed by atoms with van der Waals surface area (Å²) in [5, 5.41) is 20.7. The van der Waals surface area contributed by atoms with E-state index in [0.717, 1.165) is 26.0 Å². The van der Waals surface area contributed by atoms with Crippen LogP contribution in [0.2, 0.25) is 0 Å². The molecule has 1 heterocycles. The molecule has 1 fully saturated rings. The van der Waals surface area contributed by atoms with Gasteiger partial charge in [0.1, 0.15) is 0 Å². The zero-order chi connectivity index (χ0) is 9.52. The van der Waals surface area contributed by atoms with Crippen molar-refractivity contribution in [3.63, 3.8) is 0 Å². The summed E-state index contributed by atoms with van der Waals surface area (Å²) in [4.78, 5) is 0. The van der Waals surface area contributed by atoms with Crippen molar-refractivity contribution < 1.29 is 14.9 Å². The van der Waals surface area contributed by atoms with E-state index in [1.807, 2.05) is 0 Å². The van der Waals surface area contributed by atoms with Crippen LogP contribution in [-0.2, 0) is 4.74 Å². The fourth-order valence-corrected chi connectivity index (χ4v) is 1.44. The van der Waals surface area contributed by atoms with Gasteiger partial charge in [0.05, 0.1) is 18.8 Å². The maximum atomic E-state index is 9.03. The summed E-state index contributed by atoms with van der Waals surface area (Å²) in [6, 6.07) is 0.